The number of aromatic nitrogens is 3. The molecule has 0 atom stereocenters. The standard InChI is InChI=1S/C16H24N4O4/c1-6-9-16(14(21)23-7-2,15(22)24-8-3)10-11-17-20-13(5)12(4)18-19-20/h6,11H,1,7-10H2,2-5H3/b17-11+. The molecule has 1 aromatic heterocycles. The van der Waals surface area contributed by atoms with E-state index in [4.69, 9.17) is 9.47 Å². The van der Waals surface area contributed by atoms with Crippen molar-refractivity contribution in [2.45, 2.75) is 40.5 Å². The van der Waals surface area contributed by atoms with Crippen LogP contribution in [0.5, 0.6) is 0 Å². The van der Waals surface area contributed by atoms with E-state index in [2.05, 4.69) is 22.0 Å². The van der Waals surface area contributed by atoms with Crippen molar-refractivity contribution in [3.8, 4) is 0 Å². The van der Waals surface area contributed by atoms with Crippen LogP contribution in [0.4, 0.5) is 0 Å². The molecule has 0 saturated carbocycles. The summed E-state index contributed by atoms with van der Waals surface area (Å²) in [5, 5.41) is 11.9. The maximum absolute atomic E-state index is 12.4. The van der Waals surface area contributed by atoms with Crippen LogP contribution in [0, 0.1) is 19.3 Å². The molecule has 24 heavy (non-hydrogen) atoms. The van der Waals surface area contributed by atoms with Crippen LogP contribution in [0.25, 0.3) is 0 Å². The lowest BCUT2D eigenvalue weighted by molar-refractivity contribution is -0.171. The number of esters is 2. The Morgan fingerprint density at radius 2 is 1.79 bits per heavy atom. The number of aryl methyl sites for hydroxylation is 1. The molecule has 0 N–H and O–H groups in total. The highest BCUT2D eigenvalue weighted by molar-refractivity contribution is 6.02. The summed E-state index contributed by atoms with van der Waals surface area (Å²) in [6.07, 6.45) is 3.03. The normalized spacial score (nSPS) is 11.5. The van der Waals surface area contributed by atoms with Crippen LogP contribution in [0.2, 0.25) is 0 Å². The molecule has 0 aliphatic carbocycles. The first kappa shape index (κ1) is 19.5. The Labute approximate surface area is 141 Å². The minimum atomic E-state index is -1.50. The third-order valence-electron chi connectivity index (χ3n) is 3.56. The van der Waals surface area contributed by atoms with Gasteiger partial charge in [0.2, 0.25) is 0 Å². The van der Waals surface area contributed by atoms with Crippen LogP contribution in [0.1, 0.15) is 38.1 Å². The second-order valence-electron chi connectivity index (χ2n) is 5.17. The fourth-order valence-corrected chi connectivity index (χ4v) is 2.06. The van der Waals surface area contributed by atoms with E-state index in [0.29, 0.717) is 0 Å². The summed E-state index contributed by atoms with van der Waals surface area (Å²) in [5.41, 5.74) is 0.0222. The molecule has 132 valence electrons. The van der Waals surface area contributed by atoms with E-state index >= 15 is 0 Å². The Kier molecular flexibility index (Phi) is 7.29. The fraction of sp³-hybridized carbons (Fsp3) is 0.562. The molecule has 0 amide bonds. The SMILES string of the molecule is C=CCC(C/C=N/n1nnc(C)c1C)(C(=O)OCC)C(=O)OCC. The summed E-state index contributed by atoms with van der Waals surface area (Å²) < 4.78 is 10.1. The Morgan fingerprint density at radius 3 is 2.21 bits per heavy atom. The van der Waals surface area contributed by atoms with E-state index in [0.717, 1.165) is 11.4 Å². The zero-order chi connectivity index (χ0) is 18.2. The highest BCUT2D eigenvalue weighted by atomic mass is 16.6. The predicted octanol–water partition coefficient (Wildman–Crippen LogP) is 1.81. The summed E-state index contributed by atoms with van der Waals surface area (Å²) in [5.74, 6) is -1.30. The smallest absolute Gasteiger partial charge is 0.324 e. The van der Waals surface area contributed by atoms with Crippen molar-refractivity contribution in [2.24, 2.45) is 10.5 Å². The first-order valence-corrected chi connectivity index (χ1v) is 7.80. The van der Waals surface area contributed by atoms with Crippen LogP contribution >= 0.6 is 0 Å². The lowest BCUT2D eigenvalue weighted by Crippen LogP contribution is -2.42. The summed E-state index contributed by atoms with van der Waals surface area (Å²) in [4.78, 5) is 26.2. The van der Waals surface area contributed by atoms with Gasteiger partial charge in [0.05, 0.1) is 24.6 Å². The van der Waals surface area contributed by atoms with E-state index in [-0.39, 0.29) is 26.1 Å². The zero-order valence-electron chi connectivity index (χ0n) is 14.6. The Morgan fingerprint density at radius 1 is 1.21 bits per heavy atom. The molecule has 1 aromatic rings. The highest BCUT2D eigenvalue weighted by Gasteiger charge is 2.47. The van der Waals surface area contributed by atoms with E-state index in [9.17, 15) is 9.59 Å². The molecule has 0 aromatic carbocycles. The Bertz CT molecular complexity index is 604. The van der Waals surface area contributed by atoms with Gasteiger partial charge < -0.3 is 9.47 Å². The van der Waals surface area contributed by atoms with Gasteiger partial charge in [0.25, 0.3) is 0 Å². The van der Waals surface area contributed by atoms with Crippen LogP contribution in [-0.4, -0.2) is 46.5 Å². The minimum absolute atomic E-state index is 0.00896. The summed E-state index contributed by atoms with van der Waals surface area (Å²) in [7, 11) is 0. The number of hydrogen-bond acceptors (Lipinski definition) is 7. The van der Waals surface area contributed by atoms with Crippen molar-refractivity contribution in [2.75, 3.05) is 13.2 Å². The molecule has 0 aliphatic heterocycles. The molecule has 0 bridgehead atoms. The highest BCUT2D eigenvalue weighted by Crippen LogP contribution is 2.30. The van der Waals surface area contributed by atoms with E-state index in [1.54, 1.807) is 13.8 Å². The third kappa shape index (κ3) is 4.27. The molecule has 0 fully saturated rings. The average Bonchev–Trinajstić information content (AvgIpc) is 2.86. The predicted molar refractivity (Wildman–Crippen MR) is 88.5 cm³/mol. The molecule has 8 heteroatoms. The quantitative estimate of drug-likeness (QED) is 0.295. The van der Waals surface area contributed by atoms with Crippen LogP contribution in [0.15, 0.2) is 17.8 Å². The number of ether oxygens (including phenoxy) is 2. The number of hydrogen-bond donors (Lipinski definition) is 0. The fourth-order valence-electron chi connectivity index (χ4n) is 2.06. The molecular weight excluding hydrogens is 312 g/mol. The van der Waals surface area contributed by atoms with Gasteiger partial charge >= 0.3 is 11.9 Å². The number of nitrogens with zero attached hydrogens (tertiary/aromatic N) is 4. The van der Waals surface area contributed by atoms with Crippen molar-refractivity contribution in [3.05, 3.63) is 24.0 Å². The minimum Gasteiger partial charge on any atom is -0.465 e. The Balaban J connectivity index is 3.10. The van der Waals surface area contributed by atoms with Gasteiger partial charge in [0, 0.05) is 12.6 Å². The Hall–Kier alpha value is -2.51. The maximum atomic E-state index is 12.4. The molecule has 1 rings (SSSR count). The van der Waals surface area contributed by atoms with Crippen molar-refractivity contribution >= 4 is 18.2 Å². The molecule has 0 unspecified atom stereocenters. The second-order valence-corrected chi connectivity index (χ2v) is 5.17. The molecule has 8 nitrogen and oxygen atoms in total. The van der Waals surface area contributed by atoms with E-state index in [1.165, 1.54) is 17.1 Å². The third-order valence-corrected chi connectivity index (χ3v) is 3.56. The second kappa shape index (κ2) is 8.95. The van der Waals surface area contributed by atoms with Gasteiger partial charge in [-0.3, -0.25) is 9.59 Å². The van der Waals surface area contributed by atoms with Crippen molar-refractivity contribution in [1.82, 2.24) is 15.1 Å². The molecule has 0 spiro atoms. The van der Waals surface area contributed by atoms with Gasteiger partial charge in [-0.05, 0) is 39.3 Å². The maximum Gasteiger partial charge on any atom is 0.324 e. The van der Waals surface area contributed by atoms with Gasteiger partial charge in [-0.15, -0.1) is 16.5 Å². The van der Waals surface area contributed by atoms with E-state index < -0.39 is 17.4 Å². The number of allylic oxidation sites excluding steroid dienone is 1. The number of rotatable bonds is 9. The molecule has 1 heterocycles. The van der Waals surface area contributed by atoms with Crippen LogP contribution in [0.3, 0.4) is 0 Å². The van der Waals surface area contributed by atoms with Gasteiger partial charge in [-0.2, -0.15) is 5.10 Å². The largest absolute Gasteiger partial charge is 0.465 e. The summed E-state index contributed by atoms with van der Waals surface area (Å²) >= 11 is 0. The van der Waals surface area contributed by atoms with Crippen molar-refractivity contribution in [3.63, 3.8) is 0 Å². The first-order valence-electron chi connectivity index (χ1n) is 7.80. The molecular formula is C16H24N4O4. The average molecular weight is 336 g/mol. The molecule has 0 radical (unpaired) electrons. The topological polar surface area (TPSA) is 95.7 Å². The monoisotopic (exact) mass is 336 g/mol. The van der Waals surface area contributed by atoms with Crippen LogP contribution < -0.4 is 0 Å². The van der Waals surface area contributed by atoms with Crippen molar-refractivity contribution < 1.29 is 19.1 Å². The summed E-state index contributed by atoms with van der Waals surface area (Å²) in [6.45, 7) is 10.9. The van der Waals surface area contributed by atoms with E-state index in [1.807, 2.05) is 13.8 Å². The number of carbonyl (C=O) groups is 2. The molecule has 0 aliphatic rings. The van der Waals surface area contributed by atoms with Gasteiger partial charge in [0.1, 0.15) is 0 Å². The zero-order valence-corrected chi connectivity index (χ0v) is 14.6. The number of carbonyl (C=O) groups excluding carboxylic acids is 2. The van der Waals surface area contributed by atoms with Crippen molar-refractivity contribution in [1.29, 1.82) is 0 Å². The summed E-state index contributed by atoms with van der Waals surface area (Å²) in [6, 6.07) is 0. The van der Waals surface area contributed by atoms with Gasteiger partial charge in [-0.25, -0.2) is 0 Å². The van der Waals surface area contributed by atoms with Gasteiger partial charge in [0.15, 0.2) is 5.41 Å². The van der Waals surface area contributed by atoms with Crippen LogP contribution in [-0.2, 0) is 19.1 Å². The lowest BCUT2D eigenvalue weighted by atomic mass is 9.81. The first-order chi connectivity index (χ1) is 11.4. The lowest BCUT2D eigenvalue weighted by Gasteiger charge is -2.26. The molecule has 0 saturated heterocycles. The van der Waals surface area contributed by atoms with Gasteiger partial charge in [-0.1, -0.05) is 6.08 Å².